The molecule has 2 aromatic rings. The summed E-state index contributed by atoms with van der Waals surface area (Å²) in [6.07, 6.45) is 1.96. The molecule has 0 radical (unpaired) electrons. The summed E-state index contributed by atoms with van der Waals surface area (Å²) in [5.41, 5.74) is 1.03. The van der Waals surface area contributed by atoms with Crippen molar-refractivity contribution in [2.75, 3.05) is 20.2 Å². The second-order valence-electron chi connectivity index (χ2n) is 6.69. The lowest BCUT2D eigenvalue weighted by Gasteiger charge is -2.41. The molecule has 3 heterocycles. The standard InChI is InChI=1S/C19H21N3O3/c1-12-18(23)21-9-5-6-13(21)11-22(12)19(24)16-10-17(25-2)14-7-3-4-8-15(14)20-16/h3-4,7-8,10,12-13H,5-6,9,11H2,1-2H3/t12-,13-/m1/s1. The topological polar surface area (TPSA) is 62.7 Å². The molecule has 1 aromatic carbocycles. The number of rotatable bonds is 2. The summed E-state index contributed by atoms with van der Waals surface area (Å²) in [5, 5.41) is 0.867. The van der Waals surface area contributed by atoms with Crippen molar-refractivity contribution in [2.24, 2.45) is 0 Å². The monoisotopic (exact) mass is 339 g/mol. The van der Waals surface area contributed by atoms with Gasteiger partial charge in [0.15, 0.2) is 0 Å². The average Bonchev–Trinajstić information content (AvgIpc) is 3.12. The van der Waals surface area contributed by atoms with Gasteiger partial charge in [0.05, 0.1) is 12.6 Å². The van der Waals surface area contributed by atoms with Crippen molar-refractivity contribution in [2.45, 2.75) is 31.8 Å². The molecule has 2 amide bonds. The number of carbonyl (C=O) groups is 2. The van der Waals surface area contributed by atoms with E-state index in [0.29, 0.717) is 23.5 Å². The van der Waals surface area contributed by atoms with Crippen molar-refractivity contribution < 1.29 is 14.3 Å². The minimum absolute atomic E-state index is 0.0369. The maximum Gasteiger partial charge on any atom is 0.273 e. The largest absolute Gasteiger partial charge is 0.496 e. The van der Waals surface area contributed by atoms with E-state index in [1.165, 1.54) is 0 Å². The van der Waals surface area contributed by atoms with Gasteiger partial charge in [0.2, 0.25) is 5.91 Å². The van der Waals surface area contributed by atoms with Gasteiger partial charge in [-0.1, -0.05) is 12.1 Å². The molecule has 130 valence electrons. The minimum atomic E-state index is -0.457. The van der Waals surface area contributed by atoms with Gasteiger partial charge in [-0.3, -0.25) is 9.59 Å². The van der Waals surface area contributed by atoms with Crippen LogP contribution in [-0.2, 0) is 4.79 Å². The van der Waals surface area contributed by atoms with Crippen LogP contribution in [0.1, 0.15) is 30.3 Å². The van der Waals surface area contributed by atoms with Gasteiger partial charge < -0.3 is 14.5 Å². The van der Waals surface area contributed by atoms with E-state index in [1.54, 1.807) is 25.0 Å². The molecule has 1 aromatic heterocycles. The Labute approximate surface area is 146 Å². The first-order valence-corrected chi connectivity index (χ1v) is 8.65. The number of hydrogen-bond acceptors (Lipinski definition) is 4. The van der Waals surface area contributed by atoms with Gasteiger partial charge in [0.1, 0.15) is 17.5 Å². The molecule has 2 aliphatic rings. The molecule has 6 heteroatoms. The Morgan fingerprint density at radius 2 is 2.12 bits per heavy atom. The van der Waals surface area contributed by atoms with Crippen LogP contribution in [0.2, 0.25) is 0 Å². The third-order valence-corrected chi connectivity index (χ3v) is 5.27. The van der Waals surface area contributed by atoms with Crippen LogP contribution in [-0.4, -0.2) is 58.9 Å². The summed E-state index contributed by atoms with van der Waals surface area (Å²) in [5.74, 6) is 0.443. The van der Waals surface area contributed by atoms with Crippen molar-refractivity contribution >= 4 is 22.7 Å². The van der Waals surface area contributed by atoms with Gasteiger partial charge in [-0.05, 0) is 31.9 Å². The molecule has 0 N–H and O–H groups in total. The predicted octanol–water partition coefficient (Wildman–Crippen LogP) is 2.08. The Hall–Kier alpha value is -2.63. The van der Waals surface area contributed by atoms with Gasteiger partial charge in [0, 0.05) is 30.6 Å². The van der Waals surface area contributed by atoms with Crippen LogP contribution in [0.4, 0.5) is 0 Å². The van der Waals surface area contributed by atoms with E-state index < -0.39 is 6.04 Å². The molecular weight excluding hydrogens is 318 g/mol. The number of piperazine rings is 1. The number of hydrogen-bond donors (Lipinski definition) is 0. The molecule has 4 rings (SSSR count). The van der Waals surface area contributed by atoms with Gasteiger partial charge in [-0.25, -0.2) is 4.98 Å². The first-order chi connectivity index (χ1) is 12.1. The summed E-state index contributed by atoms with van der Waals surface area (Å²) in [4.78, 5) is 33.8. The molecule has 0 saturated carbocycles. The summed E-state index contributed by atoms with van der Waals surface area (Å²) in [6, 6.07) is 8.91. The highest BCUT2D eigenvalue weighted by atomic mass is 16.5. The van der Waals surface area contributed by atoms with E-state index in [-0.39, 0.29) is 17.9 Å². The molecule has 6 nitrogen and oxygen atoms in total. The lowest BCUT2D eigenvalue weighted by molar-refractivity contribution is -0.141. The number of pyridine rings is 1. The second-order valence-corrected chi connectivity index (χ2v) is 6.69. The number of carbonyl (C=O) groups excluding carboxylic acids is 2. The van der Waals surface area contributed by atoms with Crippen LogP contribution in [0.15, 0.2) is 30.3 Å². The number of ether oxygens (including phenoxy) is 1. The SMILES string of the molecule is COc1cc(C(=O)N2C[C@H]3CCCN3C(=O)[C@H]2C)nc2ccccc12. The van der Waals surface area contributed by atoms with Gasteiger partial charge >= 0.3 is 0 Å². The smallest absolute Gasteiger partial charge is 0.273 e. The molecule has 2 aliphatic heterocycles. The Morgan fingerprint density at radius 3 is 2.92 bits per heavy atom. The molecular formula is C19H21N3O3. The lowest BCUT2D eigenvalue weighted by atomic mass is 10.1. The summed E-state index contributed by atoms with van der Waals surface area (Å²) in [7, 11) is 1.58. The fourth-order valence-electron chi connectivity index (χ4n) is 3.90. The van der Waals surface area contributed by atoms with Crippen molar-refractivity contribution in [3.8, 4) is 5.75 Å². The van der Waals surface area contributed by atoms with Crippen molar-refractivity contribution in [1.82, 2.24) is 14.8 Å². The van der Waals surface area contributed by atoms with E-state index >= 15 is 0 Å². The molecule has 0 aliphatic carbocycles. The zero-order chi connectivity index (χ0) is 17.6. The lowest BCUT2D eigenvalue weighted by Crippen LogP contribution is -2.60. The minimum Gasteiger partial charge on any atom is -0.496 e. The first kappa shape index (κ1) is 15.9. The Kier molecular flexibility index (Phi) is 3.82. The van der Waals surface area contributed by atoms with E-state index in [2.05, 4.69) is 4.98 Å². The van der Waals surface area contributed by atoms with Crippen LogP contribution < -0.4 is 4.74 Å². The summed E-state index contributed by atoms with van der Waals surface area (Å²) < 4.78 is 5.44. The third-order valence-electron chi connectivity index (χ3n) is 5.27. The van der Waals surface area contributed by atoms with Crippen LogP contribution in [0, 0.1) is 0 Å². The summed E-state index contributed by atoms with van der Waals surface area (Å²) >= 11 is 0. The van der Waals surface area contributed by atoms with Crippen LogP contribution in [0.5, 0.6) is 5.75 Å². The fourth-order valence-corrected chi connectivity index (χ4v) is 3.90. The second kappa shape index (κ2) is 6.02. The molecule has 0 spiro atoms. The number of methoxy groups -OCH3 is 1. The Balaban J connectivity index is 1.71. The van der Waals surface area contributed by atoms with Crippen LogP contribution >= 0.6 is 0 Å². The van der Waals surface area contributed by atoms with E-state index in [0.717, 1.165) is 24.8 Å². The Bertz CT molecular complexity index is 851. The number of nitrogens with zero attached hydrogens (tertiary/aromatic N) is 3. The third kappa shape index (κ3) is 2.52. The van der Waals surface area contributed by atoms with E-state index in [9.17, 15) is 9.59 Å². The van der Waals surface area contributed by atoms with Crippen molar-refractivity contribution in [3.05, 3.63) is 36.0 Å². The van der Waals surface area contributed by atoms with Crippen LogP contribution in [0.25, 0.3) is 10.9 Å². The fraction of sp³-hybridized carbons (Fsp3) is 0.421. The quantitative estimate of drug-likeness (QED) is 0.840. The zero-order valence-electron chi connectivity index (χ0n) is 14.4. The number of aromatic nitrogens is 1. The first-order valence-electron chi connectivity index (χ1n) is 8.65. The van der Waals surface area contributed by atoms with E-state index in [1.807, 2.05) is 29.2 Å². The van der Waals surface area contributed by atoms with E-state index in [4.69, 9.17) is 4.74 Å². The maximum atomic E-state index is 13.1. The highest BCUT2D eigenvalue weighted by Gasteiger charge is 2.42. The predicted molar refractivity (Wildman–Crippen MR) is 93.5 cm³/mol. The number of para-hydroxylation sites is 1. The number of fused-ring (bicyclic) bond motifs is 2. The molecule has 2 fully saturated rings. The van der Waals surface area contributed by atoms with Crippen molar-refractivity contribution in [3.63, 3.8) is 0 Å². The van der Waals surface area contributed by atoms with Crippen molar-refractivity contribution in [1.29, 1.82) is 0 Å². The Morgan fingerprint density at radius 1 is 1.32 bits per heavy atom. The summed E-state index contributed by atoms with van der Waals surface area (Å²) in [6.45, 7) is 3.17. The zero-order valence-corrected chi connectivity index (χ0v) is 14.4. The molecule has 2 atom stereocenters. The number of amides is 2. The highest BCUT2D eigenvalue weighted by Crippen LogP contribution is 2.29. The number of benzene rings is 1. The average molecular weight is 339 g/mol. The normalized spacial score (nSPS) is 23.0. The van der Waals surface area contributed by atoms with Crippen LogP contribution in [0.3, 0.4) is 0 Å². The molecule has 2 saturated heterocycles. The molecule has 0 bridgehead atoms. The highest BCUT2D eigenvalue weighted by molar-refractivity contribution is 5.99. The van der Waals surface area contributed by atoms with Gasteiger partial charge in [-0.15, -0.1) is 0 Å². The van der Waals surface area contributed by atoms with Gasteiger partial charge in [-0.2, -0.15) is 0 Å². The molecule has 0 unspecified atom stereocenters. The maximum absolute atomic E-state index is 13.1. The molecule has 25 heavy (non-hydrogen) atoms. The van der Waals surface area contributed by atoms with Gasteiger partial charge in [0.25, 0.3) is 5.91 Å².